The number of amidine groups is 1. The van der Waals surface area contributed by atoms with Crippen molar-refractivity contribution < 1.29 is 0 Å². The molecule has 0 radical (unpaired) electrons. The van der Waals surface area contributed by atoms with Crippen LogP contribution in [-0.4, -0.2) is 87.8 Å². The van der Waals surface area contributed by atoms with E-state index < -0.39 is 0 Å². The highest BCUT2D eigenvalue weighted by atomic mass is 35.5. The van der Waals surface area contributed by atoms with Crippen molar-refractivity contribution in [3.8, 4) is 0 Å². The molecule has 1 aromatic carbocycles. The van der Waals surface area contributed by atoms with Gasteiger partial charge in [-0.25, -0.2) is 9.98 Å². The maximum absolute atomic E-state index is 6.65. The van der Waals surface area contributed by atoms with Crippen molar-refractivity contribution in [3.63, 3.8) is 0 Å². The zero-order valence-corrected chi connectivity index (χ0v) is 19.3. The molecule has 0 bridgehead atoms. The highest BCUT2D eigenvalue weighted by Gasteiger charge is 2.20. The van der Waals surface area contributed by atoms with E-state index in [-0.39, 0.29) is 0 Å². The number of nitrogens with one attached hydrogen (secondary N) is 1. The molecule has 3 fully saturated rings. The molecule has 3 saturated heterocycles. The Hall–Kier alpha value is -1.73. The lowest BCUT2D eigenvalue weighted by Crippen LogP contribution is -2.43. The first-order valence-corrected chi connectivity index (χ1v) is 12.0. The summed E-state index contributed by atoms with van der Waals surface area (Å²) in [5.41, 5.74) is 3.37. The second-order valence-electron chi connectivity index (χ2n) is 8.70. The average Bonchev–Trinajstić information content (AvgIpc) is 3.51. The van der Waals surface area contributed by atoms with Gasteiger partial charge in [-0.05, 0) is 76.3 Å². The summed E-state index contributed by atoms with van der Waals surface area (Å²) in [6.45, 7) is 14.7. The second kappa shape index (κ2) is 11.2. The Bertz CT molecular complexity index is 808. The highest BCUT2D eigenvalue weighted by Crippen LogP contribution is 2.24. The molecule has 168 valence electrons. The van der Waals surface area contributed by atoms with Crippen LogP contribution in [0.3, 0.4) is 0 Å². The van der Waals surface area contributed by atoms with Crippen LogP contribution in [0, 0.1) is 0 Å². The van der Waals surface area contributed by atoms with Crippen molar-refractivity contribution in [1.82, 2.24) is 15.1 Å². The van der Waals surface area contributed by atoms with E-state index in [1.807, 2.05) is 6.07 Å². The van der Waals surface area contributed by atoms with Crippen LogP contribution in [0.4, 0.5) is 5.69 Å². The predicted octanol–water partition coefficient (Wildman–Crippen LogP) is 3.19. The van der Waals surface area contributed by atoms with Crippen molar-refractivity contribution in [2.75, 3.05) is 70.3 Å². The summed E-state index contributed by atoms with van der Waals surface area (Å²) in [5, 5.41) is 3.98. The Morgan fingerprint density at radius 3 is 2.58 bits per heavy atom. The number of anilines is 1. The smallest absolute Gasteiger partial charge is 0.160 e. The normalized spacial score (nSPS) is 22.9. The van der Waals surface area contributed by atoms with E-state index in [9.17, 15) is 0 Å². The van der Waals surface area contributed by atoms with Gasteiger partial charge in [-0.2, -0.15) is 0 Å². The Balaban J connectivity index is 1.38. The third-order valence-corrected chi connectivity index (χ3v) is 6.88. The van der Waals surface area contributed by atoms with Gasteiger partial charge in [-0.1, -0.05) is 23.7 Å². The largest absolute Gasteiger partial charge is 0.369 e. The minimum atomic E-state index is 0.581. The van der Waals surface area contributed by atoms with Crippen LogP contribution in [0.25, 0.3) is 0 Å². The first kappa shape index (κ1) is 22.5. The van der Waals surface area contributed by atoms with Gasteiger partial charge in [0.15, 0.2) is 5.84 Å². The molecule has 1 N–H and O–H groups in total. The van der Waals surface area contributed by atoms with Crippen molar-refractivity contribution in [2.24, 2.45) is 9.98 Å². The Morgan fingerprint density at radius 1 is 1.03 bits per heavy atom. The van der Waals surface area contributed by atoms with Gasteiger partial charge < -0.3 is 15.1 Å². The van der Waals surface area contributed by atoms with Gasteiger partial charge in [0.25, 0.3) is 0 Å². The molecular weight excluding hydrogens is 408 g/mol. The number of aliphatic imine (C=N–C) groups is 2. The van der Waals surface area contributed by atoms with E-state index >= 15 is 0 Å². The molecular formula is C24H35ClN6. The monoisotopic (exact) mass is 442 g/mol. The highest BCUT2D eigenvalue weighted by molar-refractivity contribution is 6.30. The number of hydrogen-bond donors (Lipinski definition) is 1. The second-order valence-corrected chi connectivity index (χ2v) is 9.06. The zero-order valence-electron chi connectivity index (χ0n) is 18.5. The van der Waals surface area contributed by atoms with Crippen LogP contribution in [0.1, 0.15) is 31.2 Å². The molecule has 0 saturated carbocycles. The van der Waals surface area contributed by atoms with Gasteiger partial charge in [0.1, 0.15) is 5.16 Å². The van der Waals surface area contributed by atoms with E-state index in [0.29, 0.717) is 11.0 Å². The Kier molecular flexibility index (Phi) is 8.14. The first-order chi connectivity index (χ1) is 15.2. The molecule has 0 atom stereocenters. The molecule has 3 heterocycles. The van der Waals surface area contributed by atoms with E-state index in [0.717, 1.165) is 57.8 Å². The molecule has 6 nitrogen and oxygen atoms in total. The summed E-state index contributed by atoms with van der Waals surface area (Å²) in [5.74, 6) is 0.599. The third-order valence-electron chi connectivity index (χ3n) is 6.52. The fraction of sp³-hybridized carbons (Fsp3) is 0.583. The van der Waals surface area contributed by atoms with Crippen molar-refractivity contribution in [3.05, 3.63) is 40.6 Å². The standard InChI is InChI=1S/C24H35ClN6/c1-26-24(20-6-4-7-22(18-20)31-16-9-27-10-17-31)28-23(25)21-8-15-30(19-21)14-5-13-29-11-2-3-12-29/h4,6-7,18,27H,1-3,5,8-17,19H2/b23-21-,28-24-. The number of hydrogen-bond acceptors (Lipinski definition) is 5. The number of benzene rings is 1. The summed E-state index contributed by atoms with van der Waals surface area (Å²) in [4.78, 5) is 16.3. The summed E-state index contributed by atoms with van der Waals surface area (Å²) >= 11 is 6.65. The van der Waals surface area contributed by atoms with Crippen molar-refractivity contribution in [2.45, 2.75) is 25.7 Å². The summed E-state index contributed by atoms with van der Waals surface area (Å²) in [7, 11) is 0. The quantitative estimate of drug-likeness (QED) is 0.400. The molecule has 3 aliphatic rings. The van der Waals surface area contributed by atoms with Crippen LogP contribution in [0.5, 0.6) is 0 Å². The van der Waals surface area contributed by atoms with Crippen LogP contribution < -0.4 is 10.2 Å². The Morgan fingerprint density at radius 2 is 1.81 bits per heavy atom. The van der Waals surface area contributed by atoms with Crippen LogP contribution in [0.15, 0.2) is 45.0 Å². The predicted molar refractivity (Wildman–Crippen MR) is 132 cm³/mol. The van der Waals surface area contributed by atoms with E-state index in [2.05, 4.69) is 54.9 Å². The number of piperazine rings is 1. The van der Waals surface area contributed by atoms with Gasteiger partial charge in [0.2, 0.25) is 0 Å². The topological polar surface area (TPSA) is 46.5 Å². The lowest BCUT2D eigenvalue weighted by molar-refractivity contribution is 0.283. The maximum atomic E-state index is 6.65. The summed E-state index contributed by atoms with van der Waals surface area (Å²) in [6, 6.07) is 8.39. The fourth-order valence-corrected chi connectivity index (χ4v) is 4.97. The van der Waals surface area contributed by atoms with Crippen molar-refractivity contribution in [1.29, 1.82) is 0 Å². The molecule has 7 heteroatoms. The van der Waals surface area contributed by atoms with E-state index in [1.54, 1.807) is 0 Å². The van der Waals surface area contributed by atoms with Gasteiger partial charge in [0, 0.05) is 50.5 Å². The molecule has 0 amide bonds. The number of halogens is 1. The number of rotatable bonds is 7. The molecule has 3 aliphatic heterocycles. The van der Waals surface area contributed by atoms with Gasteiger partial charge in [-0.15, -0.1) is 0 Å². The van der Waals surface area contributed by atoms with Crippen LogP contribution >= 0.6 is 11.6 Å². The molecule has 0 spiro atoms. The molecule has 1 aromatic rings. The average molecular weight is 443 g/mol. The lowest BCUT2D eigenvalue weighted by Gasteiger charge is -2.29. The lowest BCUT2D eigenvalue weighted by atomic mass is 10.1. The molecule has 0 aliphatic carbocycles. The van der Waals surface area contributed by atoms with Crippen molar-refractivity contribution >= 4 is 29.8 Å². The van der Waals surface area contributed by atoms with Gasteiger partial charge in [0.05, 0.1) is 0 Å². The van der Waals surface area contributed by atoms with E-state index in [4.69, 9.17) is 11.6 Å². The Labute approximate surface area is 191 Å². The van der Waals surface area contributed by atoms with E-state index in [1.165, 1.54) is 50.2 Å². The molecule has 0 unspecified atom stereocenters. The first-order valence-electron chi connectivity index (χ1n) is 11.7. The van der Waals surface area contributed by atoms with Crippen LogP contribution in [0.2, 0.25) is 0 Å². The SMILES string of the molecule is C=N/C(=N\C(Cl)=C1\CCN(CCCN2CCCC2)C1)c1cccc(N2CCNCC2)c1. The molecule has 31 heavy (non-hydrogen) atoms. The molecule has 4 rings (SSSR count). The van der Waals surface area contributed by atoms with Gasteiger partial charge in [-0.3, -0.25) is 4.90 Å². The maximum Gasteiger partial charge on any atom is 0.160 e. The minimum Gasteiger partial charge on any atom is -0.369 e. The van der Waals surface area contributed by atoms with Crippen LogP contribution in [-0.2, 0) is 0 Å². The summed E-state index contributed by atoms with van der Waals surface area (Å²) < 4.78 is 0. The minimum absolute atomic E-state index is 0.581. The number of nitrogens with zero attached hydrogens (tertiary/aromatic N) is 5. The summed E-state index contributed by atoms with van der Waals surface area (Å²) in [6.07, 6.45) is 4.94. The fourth-order valence-electron chi connectivity index (χ4n) is 4.73. The molecule has 0 aromatic heterocycles. The third kappa shape index (κ3) is 6.16. The zero-order chi connectivity index (χ0) is 21.5. The van der Waals surface area contributed by atoms with Gasteiger partial charge >= 0.3 is 0 Å². The number of likely N-dealkylation sites (tertiary alicyclic amines) is 2.